The minimum absolute atomic E-state index is 0.0434. The molecule has 0 saturated carbocycles. The summed E-state index contributed by atoms with van der Waals surface area (Å²) in [5.41, 5.74) is 2.07. The van der Waals surface area contributed by atoms with Gasteiger partial charge < -0.3 is 20.1 Å². The number of rotatable bonds is 6. The van der Waals surface area contributed by atoms with Gasteiger partial charge in [0.05, 0.1) is 12.1 Å². The molecule has 1 aromatic heterocycles. The molecule has 8 heteroatoms. The summed E-state index contributed by atoms with van der Waals surface area (Å²) in [6.45, 7) is 4.98. The van der Waals surface area contributed by atoms with Crippen LogP contribution in [0.5, 0.6) is 0 Å². The van der Waals surface area contributed by atoms with Gasteiger partial charge >= 0.3 is 0 Å². The van der Waals surface area contributed by atoms with Crippen LogP contribution >= 0.6 is 0 Å². The molecule has 1 fully saturated rings. The predicted octanol–water partition coefficient (Wildman–Crippen LogP) is 2.73. The number of carbonyl (C=O) groups is 1. The van der Waals surface area contributed by atoms with Crippen molar-refractivity contribution in [2.24, 2.45) is 12.0 Å². The molecular weight excluding hydrogens is 402 g/mol. The topological polar surface area (TPSA) is 87.4 Å². The van der Waals surface area contributed by atoms with Gasteiger partial charge in [-0.15, -0.1) is 10.2 Å². The van der Waals surface area contributed by atoms with Gasteiger partial charge in [0, 0.05) is 25.7 Å². The Balaban J connectivity index is 1.50. The zero-order chi connectivity index (χ0) is 22.5. The summed E-state index contributed by atoms with van der Waals surface area (Å²) in [6.07, 6.45) is 0.415. The van der Waals surface area contributed by atoms with Crippen LogP contribution in [0.1, 0.15) is 36.6 Å². The van der Waals surface area contributed by atoms with Crippen molar-refractivity contribution in [3.8, 4) is 0 Å². The molecule has 0 radical (unpaired) electrons. The van der Waals surface area contributed by atoms with E-state index in [1.807, 2.05) is 72.0 Å². The Hall–Kier alpha value is -3.68. The molecule has 1 saturated heterocycles. The number of anilines is 1. The lowest BCUT2D eigenvalue weighted by Crippen LogP contribution is -2.45. The quantitative estimate of drug-likeness (QED) is 0.463. The first-order valence-electron chi connectivity index (χ1n) is 10.8. The number of benzene rings is 2. The smallest absolute Gasteiger partial charge is 0.229 e. The third-order valence-electron chi connectivity index (χ3n) is 5.75. The van der Waals surface area contributed by atoms with Crippen LogP contribution in [0.15, 0.2) is 65.7 Å². The number of aromatic nitrogens is 3. The number of carbonyl (C=O) groups excluding carboxylic acids is 1. The molecule has 2 unspecified atom stereocenters. The summed E-state index contributed by atoms with van der Waals surface area (Å²) in [5, 5.41) is 15.3. The van der Waals surface area contributed by atoms with Crippen LogP contribution in [0, 0.1) is 6.92 Å². The molecular formula is C24H29N7O. The second-order valence-corrected chi connectivity index (χ2v) is 8.05. The summed E-state index contributed by atoms with van der Waals surface area (Å²) in [5.74, 6) is 2.38. The molecule has 3 aromatic rings. The van der Waals surface area contributed by atoms with Gasteiger partial charge in [0.2, 0.25) is 5.91 Å². The Morgan fingerprint density at radius 1 is 1.12 bits per heavy atom. The van der Waals surface area contributed by atoms with Crippen molar-refractivity contribution in [3.63, 3.8) is 0 Å². The monoisotopic (exact) mass is 431 g/mol. The Kier molecular flexibility index (Phi) is 6.49. The van der Waals surface area contributed by atoms with Gasteiger partial charge in [-0.3, -0.25) is 4.79 Å². The number of guanidine groups is 1. The standard InChI is InChI=1S/C24H29N7O/c1-17(19-10-6-4-7-11-19)26-24(25-15-22-29-28-18(2)30(22)3)27-20-14-23(32)31(16-20)21-12-8-5-9-13-21/h4-13,17,20H,14-16H2,1-3H3,(H2,25,26,27). The first-order valence-corrected chi connectivity index (χ1v) is 10.8. The Morgan fingerprint density at radius 3 is 2.47 bits per heavy atom. The van der Waals surface area contributed by atoms with E-state index in [0.29, 0.717) is 25.5 Å². The molecule has 2 heterocycles. The lowest BCUT2D eigenvalue weighted by Gasteiger charge is -2.22. The summed E-state index contributed by atoms with van der Waals surface area (Å²) in [7, 11) is 1.93. The van der Waals surface area contributed by atoms with Crippen molar-refractivity contribution < 1.29 is 4.79 Å². The van der Waals surface area contributed by atoms with Crippen molar-refractivity contribution in [2.75, 3.05) is 11.4 Å². The van der Waals surface area contributed by atoms with Crippen LogP contribution in [0.3, 0.4) is 0 Å². The van der Waals surface area contributed by atoms with Crippen molar-refractivity contribution in [3.05, 3.63) is 77.9 Å². The minimum atomic E-state index is -0.0434. The zero-order valence-corrected chi connectivity index (χ0v) is 18.7. The van der Waals surface area contributed by atoms with E-state index in [9.17, 15) is 4.79 Å². The average molecular weight is 432 g/mol. The van der Waals surface area contributed by atoms with Crippen LogP contribution in [-0.2, 0) is 18.4 Å². The van der Waals surface area contributed by atoms with Crippen LogP contribution < -0.4 is 15.5 Å². The summed E-state index contributed by atoms with van der Waals surface area (Å²) >= 11 is 0. The van der Waals surface area contributed by atoms with Crippen LogP contribution in [0.4, 0.5) is 5.69 Å². The largest absolute Gasteiger partial charge is 0.351 e. The summed E-state index contributed by atoms with van der Waals surface area (Å²) < 4.78 is 1.93. The van der Waals surface area contributed by atoms with E-state index < -0.39 is 0 Å². The third-order valence-corrected chi connectivity index (χ3v) is 5.75. The molecule has 2 N–H and O–H groups in total. The predicted molar refractivity (Wildman–Crippen MR) is 125 cm³/mol. The van der Waals surface area contributed by atoms with Gasteiger partial charge in [0.1, 0.15) is 12.4 Å². The van der Waals surface area contributed by atoms with Crippen LogP contribution in [-0.4, -0.2) is 39.2 Å². The molecule has 2 aromatic carbocycles. The molecule has 1 amide bonds. The van der Waals surface area contributed by atoms with Crippen molar-refractivity contribution in [2.45, 2.75) is 38.9 Å². The van der Waals surface area contributed by atoms with Gasteiger partial charge in [-0.25, -0.2) is 4.99 Å². The number of hydrogen-bond donors (Lipinski definition) is 2. The second kappa shape index (κ2) is 9.64. The van der Waals surface area contributed by atoms with E-state index in [2.05, 4.69) is 39.9 Å². The van der Waals surface area contributed by atoms with Gasteiger partial charge in [-0.2, -0.15) is 0 Å². The maximum Gasteiger partial charge on any atom is 0.229 e. The molecule has 1 aliphatic heterocycles. The Bertz CT molecular complexity index is 1080. The Labute approximate surface area is 188 Å². The fourth-order valence-corrected chi connectivity index (χ4v) is 3.76. The number of hydrogen-bond acceptors (Lipinski definition) is 4. The molecule has 4 rings (SSSR count). The van der Waals surface area contributed by atoms with E-state index in [4.69, 9.17) is 4.99 Å². The van der Waals surface area contributed by atoms with Crippen molar-refractivity contribution in [1.29, 1.82) is 0 Å². The lowest BCUT2D eigenvalue weighted by molar-refractivity contribution is -0.117. The highest BCUT2D eigenvalue weighted by molar-refractivity contribution is 5.97. The van der Waals surface area contributed by atoms with E-state index in [1.54, 1.807) is 0 Å². The van der Waals surface area contributed by atoms with E-state index in [-0.39, 0.29) is 18.0 Å². The van der Waals surface area contributed by atoms with Crippen molar-refractivity contribution >= 4 is 17.6 Å². The number of aryl methyl sites for hydroxylation is 1. The van der Waals surface area contributed by atoms with E-state index in [1.165, 1.54) is 0 Å². The maximum absolute atomic E-state index is 12.6. The zero-order valence-electron chi connectivity index (χ0n) is 18.7. The highest BCUT2D eigenvalue weighted by Crippen LogP contribution is 2.21. The van der Waals surface area contributed by atoms with Crippen molar-refractivity contribution in [1.82, 2.24) is 25.4 Å². The fraction of sp³-hybridized carbons (Fsp3) is 0.333. The van der Waals surface area contributed by atoms with Crippen LogP contribution in [0.2, 0.25) is 0 Å². The second-order valence-electron chi connectivity index (χ2n) is 8.05. The highest BCUT2D eigenvalue weighted by Gasteiger charge is 2.31. The van der Waals surface area contributed by atoms with Gasteiger partial charge in [0.25, 0.3) is 0 Å². The number of nitrogens with one attached hydrogen (secondary N) is 2. The normalized spacial score (nSPS) is 17.5. The van der Waals surface area contributed by atoms with Gasteiger partial charge in [0.15, 0.2) is 11.8 Å². The molecule has 166 valence electrons. The van der Waals surface area contributed by atoms with Crippen LogP contribution in [0.25, 0.3) is 0 Å². The summed E-state index contributed by atoms with van der Waals surface area (Å²) in [4.78, 5) is 19.2. The van der Waals surface area contributed by atoms with E-state index >= 15 is 0 Å². The first-order chi connectivity index (χ1) is 15.5. The lowest BCUT2D eigenvalue weighted by atomic mass is 10.1. The average Bonchev–Trinajstić information content (AvgIpc) is 3.34. The molecule has 8 nitrogen and oxygen atoms in total. The van der Waals surface area contributed by atoms with Gasteiger partial charge in [-0.1, -0.05) is 48.5 Å². The summed E-state index contributed by atoms with van der Waals surface area (Å²) in [6, 6.07) is 20.0. The number of aliphatic imine (C=N–C) groups is 1. The SMILES string of the molecule is Cc1nnc(CN=C(NC2CC(=O)N(c3ccccc3)C2)NC(C)c2ccccc2)n1C. The first kappa shape index (κ1) is 21.5. The molecule has 0 bridgehead atoms. The number of nitrogens with zero attached hydrogens (tertiary/aromatic N) is 5. The maximum atomic E-state index is 12.6. The number of amides is 1. The van der Waals surface area contributed by atoms with E-state index in [0.717, 1.165) is 22.9 Å². The number of para-hydroxylation sites is 1. The highest BCUT2D eigenvalue weighted by atomic mass is 16.2. The molecule has 0 spiro atoms. The molecule has 1 aliphatic rings. The van der Waals surface area contributed by atoms with Gasteiger partial charge in [-0.05, 0) is 31.5 Å². The fourth-order valence-electron chi connectivity index (χ4n) is 3.76. The minimum Gasteiger partial charge on any atom is -0.351 e. The molecule has 0 aliphatic carbocycles. The Morgan fingerprint density at radius 2 is 1.81 bits per heavy atom. The molecule has 2 atom stereocenters. The molecule has 32 heavy (non-hydrogen) atoms. The third kappa shape index (κ3) is 4.96.